The third-order valence-corrected chi connectivity index (χ3v) is 4.56. The zero-order valence-corrected chi connectivity index (χ0v) is 16.1. The average Bonchev–Trinajstić information content (AvgIpc) is 2.77. The van der Waals surface area contributed by atoms with Gasteiger partial charge in [0.1, 0.15) is 18.1 Å². The minimum absolute atomic E-state index is 0.265. The molecule has 0 atom stereocenters. The summed E-state index contributed by atoms with van der Waals surface area (Å²) in [6, 6.07) is 14.4. The van der Waals surface area contributed by atoms with Crippen LogP contribution < -0.4 is 10.1 Å². The fourth-order valence-corrected chi connectivity index (χ4v) is 3.04. The van der Waals surface area contributed by atoms with Crippen LogP contribution in [0.4, 0.5) is 0 Å². The topological polar surface area (TPSA) is 77.0 Å². The Labute approximate surface area is 172 Å². The fraction of sp³-hybridized carbons (Fsp3) is 0.0909. The van der Waals surface area contributed by atoms with E-state index < -0.39 is 0 Å². The zero-order chi connectivity index (χ0) is 20.1. The lowest BCUT2D eigenvalue weighted by Crippen LogP contribution is -2.28. The number of carbonyl (C=O) groups excluding carboxylic acids is 1. The molecule has 7 heteroatoms. The van der Waals surface area contributed by atoms with E-state index >= 15 is 0 Å². The number of nitrogens with zero attached hydrogens (tertiary/aromatic N) is 3. The molecule has 0 spiro atoms. The average molecular weight is 405 g/mol. The Hall–Kier alpha value is -3.51. The molecule has 0 saturated carbocycles. The second kappa shape index (κ2) is 8.67. The second-order valence-electron chi connectivity index (χ2n) is 6.24. The Bertz CT molecular complexity index is 1130. The monoisotopic (exact) mass is 404 g/mol. The summed E-state index contributed by atoms with van der Waals surface area (Å²) in [7, 11) is 0. The van der Waals surface area contributed by atoms with Crippen molar-refractivity contribution in [2.24, 2.45) is 0 Å². The molecule has 1 N–H and O–H groups in total. The van der Waals surface area contributed by atoms with Crippen molar-refractivity contribution in [3.05, 3.63) is 84.0 Å². The first-order valence-corrected chi connectivity index (χ1v) is 9.40. The summed E-state index contributed by atoms with van der Waals surface area (Å²) >= 11 is 5.85. The number of fused-ring (bicyclic) bond motifs is 1. The Morgan fingerprint density at radius 2 is 1.76 bits per heavy atom. The van der Waals surface area contributed by atoms with E-state index in [0.717, 1.165) is 16.5 Å². The normalized spacial score (nSPS) is 10.7. The summed E-state index contributed by atoms with van der Waals surface area (Å²) in [5.74, 6) is 0.429. The van der Waals surface area contributed by atoms with Gasteiger partial charge < -0.3 is 10.1 Å². The molecule has 29 heavy (non-hydrogen) atoms. The lowest BCUT2D eigenvalue weighted by molar-refractivity contribution is 0.0942. The highest BCUT2D eigenvalue weighted by Crippen LogP contribution is 2.27. The maximum Gasteiger partial charge on any atom is 0.270 e. The molecule has 6 nitrogen and oxygen atoms in total. The Balaban J connectivity index is 1.49. The van der Waals surface area contributed by atoms with Crippen LogP contribution in [0.25, 0.3) is 22.0 Å². The first-order chi connectivity index (χ1) is 14.2. The molecule has 4 aromatic rings. The molecule has 1 aromatic carbocycles. The van der Waals surface area contributed by atoms with Gasteiger partial charge in [0, 0.05) is 35.2 Å². The molecule has 4 rings (SSSR count). The van der Waals surface area contributed by atoms with Crippen molar-refractivity contribution in [3.63, 3.8) is 0 Å². The second-order valence-corrected chi connectivity index (χ2v) is 6.68. The van der Waals surface area contributed by atoms with Gasteiger partial charge in [0.2, 0.25) is 0 Å². The molecule has 0 aliphatic heterocycles. The van der Waals surface area contributed by atoms with Gasteiger partial charge in [0.15, 0.2) is 0 Å². The van der Waals surface area contributed by atoms with E-state index in [1.54, 1.807) is 61.2 Å². The quantitative estimate of drug-likeness (QED) is 0.488. The summed E-state index contributed by atoms with van der Waals surface area (Å²) in [4.78, 5) is 25.4. The highest BCUT2D eigenvalue weighted by atomic mass is 35.5. The Kier molecular flexibility index (Phi) is 5.63. The molecule has 0 unspecified atom stereocenters. The smallest absolute Gasteiger partial charge is 0.270 e. The van der Waals surface area contributed by atoms with Crippen molar-refractivity contribution in [1.82, 2.24) is 20.3 Å². The van der Waals surface area contributed by atoms with Gasteiger partial charge >= 0.3 is 0 Å². The van der Waals surface area contributed by atoms with Crippen LogP contribution in [0.1, 0.15) is 10.5 Å². The van der Waals surface area contributed by atoms with Crippen LogP contribution in [0, 0.1) is 0 Å². The number of nitrogens with one attached hydrogen (secondary N) is 1. The molecule has 1 amide bonds. The van der Waals surface area contributed by atoms with Crippen molar-refractivity contribution in [1.29, 1.82) is 0 Å². The third kappa shape index (κ3) is 4.50. The first-order valence-electron chi connectivity index (χ1n) is 9.02. The zero-order valence-electron chi connectivity index (χ0n) is 15.4. The third-order valence-electron chi connectivity index (χ3n) is 4.30. The minimum atomic E-state index is -0.265. The summed E-state index contributed by atoms with van der Waals surface area (Å²) in [6.07, 6.45) is 6.84. The molecule has 0 saturated heterocycles. The number of carbonyl (C=O) groups is 1. The number of halogens is 1. The van der Waals surface area contributed by atoms with Crippen LogP contribution in [-0.4, -0.2) is 34.0 Å². The van der Waals surface area contributed by atoms with Crippen LogP contribution >= 0.6 is 11.6 Å². The van der Waals surface area contributed by atoms with Crippen molar-refractivity contribution < 1.29 is 9.53 Å². The number of benzene rings is 1. The van der Waals surface area contributed by atoms with E-state index in [9.17, 15) is 4.79 Å². The highest BCUT2D eigenvalue weighted by Gasteiger charge is 2.13. The molecule has 144 valence electrons. The molecular weight excluding hydrogens is 388 g/mol. The lowest BCUT2D eigenvalue weighted by atomic mass is 10.0. The summed E-state index contributed by atoms with van der Waals surface area (Å²) in [5.41, 5.74) is 2.87. The van der Waals surface area contributed by atoms with Gasteiger partial charge in [-0.15, -0.1) is 0 Å². The van der Waals surface area contributed by atoms with Crippen LogP contribution in [0.15, 0.2) is 73.3 Å². The van der Waals surface area contributed by atoms with Gasteiger partial charge in [0.25, 0.3) is 5.91 Å². The fourth-order valence-electron chi connectivity index (χ4n) is 2.91. The van der Waals surface area contributed by atoms with Crippen LogP contribution in [0.2, 0.25) is 5.02 Å². The molecule has 3 aromatic heterocycles. The molecule has 3 heterocycles. The largest absolute Gasteiger partial charge is 0.492 e. The van der Waals surface area contributed by atoms with Gasteiger partial charge in [-0.2, -0.15) is 0 Å². The molecule has 0 radical (unpaired) electrons. The van der Waals surface area contributed by atoms with Crippen LogP contribution in [0.3, 0.4) is 0 Å². The van der Waals surface area contributed by atoms with E-state index in [4.69, 9.17) is 16.3 Å². The predicted octanol–water partition coefficient (Wildman–Crippen LogP) is 4.15. The number of hydrogen-bond donors (Lipinski definition) is 1. The number of aromatic nitrogens is 3. The van der Waals surface area contributed by atoms with E-state index in [1.807, 2.05) is 12.1 Å². The molecular formula is C22H17ClN4O2. The standard InChI is InChI=1S/C22H17ClN4O2/c23-16-1-3-17(4-2-16)29-12-11-26-22(28)21-13-18(15-5-8-24-9-6-15)19-14-25-10-7-20(19)27-21/h1-10,13-14H,11-12H2,(H,26,28). The van der Waals surface area contributed by atoms with Crippen molar-refractivity contribution in [3.8, 4) is 16.9 Å². The van der Waals surface area contributed by atoms with Crippen molar-refractivity contribution >= 4 is 28.4 Å². The summed E-state index contributed by atoms with van der Waals surface area (Å²) in [6.45, 7) is 0.685. The van der Waals surface area contributed by atoms with E-state index in [1.165, 1.54) is 0 Å². The van der Waals surface area contributed by atoms with Gasteiger partial charge in [-0.3, -0.25) is 14.8 Å². The van der Waals surface area contributed by atoms with Crippen molar-refractivity contribution in [2.45, 2.75) is 0 Å². The minimum Gasteiger partial charge on any atom is -0.492 e. The summed E-state index contributed by atoms with van der Waals surface area (Å²) < 4.78 is 5.60. The number of pyridine rings is 3. The maximum absolute atomic E-state index is 12.7. The number of hydrogen-bond acceptors (Lipinski definition) is 5. The molecule has 0 aliphatic carbocycles. The van der Waals surface area contributed by atoms with E-state index in [0.29, 0.717) is 35.1 Å². The first kappa shape index (κ1) is 18.8. The maximum atomic E-state index is 12.7. The SMILES string of the molecule is O=C(NCCOc1ccc(Cl)cc1)c1cc(-c2ccncc2)c2cnccc2n1. The number of rotatable bonds is 6. The van der Waals surface area contributed by atoms with E-state index in [2.05, 4.69) is 20.3 Å². The number of amides is 1. The highest BCUT2D eigenvalue weighted by molar-refractivity contribution is 6.30. The van der Waals surface area contributed by atoms with Gasteiger partial charge in [-0.25, -0.2) is 4.98 Å². The van der Waals surface area contributed by atoms with Gasteiger partial charge in [0.05, 0.1) is 12.1 Å². The lowest BCUT2D eigenvalue weighted by Gasteiger charge is -2.11. The Morgan fingerprint density at radius 1 is 1.00 bits per heavy atom. The molecule has 0 bridgehead atoms. The van der Waals surface area contributed by atoms with Crippen molar-refractivity contribution in [2.75, 3.05) is 13.2 Å². The van der Waals surface area contributed by atoms with Crippen LogP contribution in [-0.2, 0) is 0 Å². The number of ether oxygens (including phenoxy) is 1. The van der Waals surface area contributed by atoms with Gasteiger partial charge in [-0.1, -0.05) is 11.6 Å². The van der Waals surface area contributed by atoms with E-state index in [-0.39, 0.29) is 5.91 Å². The Morgan fingerprint density at radius 3 is 2.55 bits per heavy atom. The van der Waals surface area contributed by atoms with Crippen LogP contribution in [0.5, 0.6) is 5.75 Å². The van der Waals surface area contributed by atoms with Gasteiger partial charge in [-0.05, 0) is 59.7 Å². The predicted molar refractivity (Wildman–Crippen MR) is 112 cm³/mol. The summed E-state index contributed by atoms with van der Waals surface area (Å²) in [5, 5.41) is 4.37. The molecule has 0 fully saturated rings. The molecule has 0 aliphatic rings.